The first-order chi connectivity index (χ1) is 11.8. The van der Waals surface area contributed by atoms with Crippen molar-refractivity contribution in [2.45, 2.75) is 129 Å². The second-order valence-corrected chi connectivity index (χ2v) is 8.48. The second kappa shape index (κ2) is 16.2. The molecule has 24 heavy (non-hydrogen) atoms. The minimum atomic E-state index is 0.886. The highest BCUT2D eigenvalue weighted by Crippen LogP contribution is 2.29. The largest absolute Gasteiger partial charge is 0.0888 e. The number of hydrogen-bond donors (Lipinski definition) is 0. The second-order valence-electron chi connectivity index (χ2n) is 8.48. The predicted molar refractivity (Wildman–Crippen MR) is 111 cm³/mol. The SMILES string of the molecule is CC/C=C/CC(C)CCCCCCCCCCCCC1CCCC1. The van der Waals surface area contributed by atoms with Crippen molar-refractivity contribution < 1.29 is 0 Å². The maximum Gasteiger partial charge on any atom is -0.0325 e. The van der Waals surface area contributed by atoms with Crippen LogP contribution in [-0.4, -0.2) is 0 Å². The van der Waals surface area contributed by atoms with Gasteiger partial charge in [-0.05, 0) is 24.7 Å². The van der Waals surface area contributed by atoms with E-state index in [1.165, 1.54) is 116 Å². The van der Waals surface area contributed by atoms with Crippen LogP contribution in [0.3, 0.4) is 0 Å². The van der Waals surface area contributed by atoms with Crippen molar-refractivity contribution in [3.63, 3.8) is 0 Å². The van der Waals surface area contributed by atoms with E-state index in [2.05, 4.69) is 26.0 Å². The summed E-state index contributed by atoms with van der Waals surface area (Å²) in [6.07, 6.45) is 31.0. The number of rotatable bonds is 16. The fourth-order valence-electron chi connectivity index (χ4n) is 4.25. The van der Waals surface area contributed by atoms with Crippen molar-refractivity contribution in [1.82, 2.24) is 0 Å². The summed E-state index contributed by atoms with van der Waals surface area (Å²) in [7, 11) is 0. The topological polar surface area (TPSA) is 0 Å². The molecule has 0 amide bonds. The monoisotopic (exact) mass is 334 g/mol. The molecule has 0 N–H and O–H groups in total. The van der Waals surface area contributed by atoms with Crippen LogP contribution in [-0.2, 0) is 0 Å². The first kappa shape index (κ1) is 21.8. The summed E-state index contributed by atoms with van der Waals surface area (Å²) in [4.78, 5) is 0. The third kappa shape index (κ3) is 13.1. The smallest absolute Gasteiger partial charge is 0.0325 e. The van der Waals surface area contributed by atoms with Crippen LogP contribution < -0.4 is 0 Å². The Labute approximate surface area is 153 Å². The van der Waals surface area contributed by atoms with Gasteiger partial charge in [-0.2, -0.15) is 0 Å². The number of unbranched alkanes of at least 4 members (excludes halogenated alkanes) is 9. The summed E-state index contributed by atoms with van der Waals surface area (Å²) in [5, 5.41) is 0. The van der Waals surface area contributed by atoms with Crippen LogP contribution in [0.2, 0.25) is 0 Å². The van der Waals surface area contributed by atoms with Crippen LogP contribution >= 0.6 is 0 Å². The highest BCUT2D eigenvalue weighted by molar-refractivity contribution is 4.81. The highest BCUT2D eigenvalue weighted by Gasteiger charge is 2.13. The Bertz CT molecular complexity index is 272. The molecule has 1 aliphatic rings. The molecule has 0 aromatic rings. The lowest BCUT2D eigenvalue weighted by atomic mass is 9.98. The first-order valence-corrected chi connectivity index (χ1v) is 11.5. The summed E-state index contributed by atoms with van der Waals surface area (Å²) in [5.41, 5.74) is 0. The van der Waals surface area contributed by atoms with Crippen molar-refractivity contribution >= 4 is 0 Å². The number of allylic oxidation sites excluding steroid dienone is 2. The van der Waals surface area contributed by atoms with Crippen molar-refractivity contribution in [1.29, 1.82) is 0 Å². The van der Waals surface area contributed by atoms with E-state index in [1.54, 1.807) is 0 Å². The number of hydrogen-bond acceptors (Lipinski definition) is 0. The van der Waals surface area contributed by atoms with Gasteiger partial charge in [0.25, 0.3) is 0 Å². The van der Waals surface area contributed by atoms with Crippen molar-refractivity contribution in [2.24, 2.45) is 11.8 Å². The molecule has 0 aromatic carbocycles. The zero-order valence-corrected chi connectivity index (χ0v) is 17.0. The average molecular weight is 335 g/mol. The van der Waals surface area contributed by atoms with Crippen molar-refractivity contribution in [2.75, 3.05) is 0 Å². The van der Waals surface area contributed by atoms with Crippen molar-refractivity contribution in [3.8, 4) is 0 Å². The Balaban J connectivity index is 1.72. The van der Waals surface area contributed by atoms with E-state index in [0.717, 1.165) is 11.8 Å². The van der Waals surface area contributed by atoms with Crippen LogP contribution in [0.1, 0.15) is 129 Å². The molecule has 1 atom stereocenters. The minimum Gasteiger partial charge on any atom is -0.0888 e. The molecule has 0 nitrogen and oxygen atoms in total. The van der Waals surface area contributed by atoms with Crippen LogP contribution in [0.5, 0.6) is 0 Å². The Kier molecular flexibility index (Phi) is 14.7. The maximum atomic E-state index is 2.41. The molecule has 0 aromatic heterocycles. The molecular formula is C24H46. The van der Waals surface area contributed by atoms with E-state index in [1.807, 2.05) is 0 Å². The summed E-state index contributed by atoms with van der Waals surface area (Å²) in [6, 6.07) is 0. The zero-order valence-electron chi connectivity index (χ0n) is 17.0. The van der Waals surface area contributed by atoms with Gasteiger partial charge in [-0.1, -0.05) is 129 Å². The minimum absolute atomic E-state index is 0.886. The van der Waals surface area contributed by atoms with Crippen LogP contribution in [0.25, 0.3) is 0 Å². The van der Waals surface area contributed by atoms with Crippen LogP contribution in [0, 0.1) is 11.8 Å². The van der Waals surface area contributed by atoms with Crippen molar-refractivity contribution in [3.05, 3.63) is 12.2 Å². The fraction of sp³-hybridized carbons (Fsp3) is 0.917. The molecule has 1 fully saturated rings. The van der Waals surface area contributed by atoms with Gasteiger partial charge in [0, 0.05) is 0 Å². The molecule has 1 saturated carbocycles. The summed E-state index contributed by atoms with van der Waals surface area (Å²) >= 11 is 0. The van der Waals surface area contributed by atoms with E-state index < -0.39 is 0 Å². The van der Waals surface area contributed by atoms with Gasteiger partial charge in [0.15, 0.2) is 0 Å². The lowest BCUT2D eigenvalue weighted by molar-refractivity contribution is 0.458. The van der Waals surface area contributed by atoms with Gasteiger partial charge in [-0.15, -0.1) is 0 Å². The summed E-state index contributed by atoms with van der Waals surface area (Å²) < 4.78 is 0. The van der Waals surface area contributed by atoms with Gasteiger partial charge in [-0.3, -0.25) is 0 Å². The Morgan fingerprint density at radius 1 is 0.750 bits per heavy atom. The Hall–Kier alpha value is -0.260. The van der Waals surface area contributed by atoms with E-state index in [0.29, 0.717) is 0 Å². The standard InChI is InChI=1S/C24H46/c1-3-4-13-18-23(2)19-14-11-9-7-5-6-8-10-12-15-20-24-21-16-17-22-24/h4,13,23-24H,3,5-12,14-22H2,1-2H3/b13-4+. The molecule has 1 unspecified atom stereocenters. The quantitative estimate of drug-likeness (QED) is 0.195. The average Bonchev–Trinajstić information content (AvgIpc) is 3.09. The predicted octanol–water partition coefficient (Wildman–Crippen LogP) is 8.85. The summed E-state index contributed by atoms with van der Waals surface area (Å²) in [5.74, 6) is 1.99. The van der Waals surface area contributed by atoms with E-state index in [9.17, 15) is 0 Å². The molecular weight excluding hydrogens is 288 g/mol. The van der Waals surface area contributed by atoms with Crippen LogP contribution in [0.15, 0.2) is 12.2 Å². The lowest BCUT2D eigenvalue weighted by Gasteiger charge is -2.09. The van der Waals surface area contributed by atoms with E-state index in [-0.39, 0.29) is 0 Å². The van der Waals surface area contributed by atoms with E-state index >= 15 is 0 Å². The van der Waals surface area contributed by atoms with Gasteiger partial charge in [-0.25, -0.2) is 0 Å². The Morgan fingerprint density at radius 2 is 1.29 bits per heavy atom. The van der Waals surface area contributed by atoms with Crippen LogP contribution in [0.4, 0.5) is 0 Å². The molecule has 1 aliphatic carbocycles. The van der Waals surface area contributed by atoms with Gasteiger partial charge in [0.05, 0.1) is 0 Å². The summed E-state index contributed by atoms with van der Waals surface area (Å²) in [6.45, 7) is 4.63. The van der Waals surface area contributed by atoms with Gasteiger partial charge >= 0.3 is 0 Å². The molecule has 0 spiro atoms. The molecule has 1 rings (SSSR count). The molecule has 0 heterocycles. The molecule has 0 bridgehead atoms. The third-order valence-corrected chi connectivity index (χ3v) is 5.97. The first-order valence-electron chi connectivity index (χ1n) is 11.5. The Morgan fingerprint density at radius 3 is 1.88 bits per heavy atom. The maximum absolute atomic E-state index is 2.41. The molecule has 0 radical (unpaired) electrons. The molecule has 0 heteroatoms. The van der Waals surface area contributed by atoms with E-state index in [4.69, 9.17) is 0 Å². The highest BCUT2D eigenvalue weighted by atomic mass is 14.2. The zero-order chi connectivity index (χ0) is 17.3. The molecule has 0 saturated heterocycles. The normalized spacial score (nSPS) is 17.1. The molecule has 142 valence electrons. The fourth-order valence-corrected chi connectivity index (χ4v) is 4.25. The molecule has 0 aliphatic heterocycles. The van der Waals surface area contributed by atoms with Gasteiger partial charge in [0.2, 0.25) is 0 Å². The third-order valence-electron chi connectivity index (χ3n) is 5.97. The van der Waals surface area contributed by atoms with Gasteiger partial charge in [0.1, 0.15) is 0 Å². The lowest BCUT2D eigenvalue weighted by Crippen LogP contribution is -1.93. The van der Waals surface area contributed by atoms with Gasteiger partial charge < -0.3 is 0 Å².